The van der Waals surface area contributed by atoms with Gasteiger partial charge in [0.15, 0.2) is 0 Å². The fourth-order valence-corrected chi connectivity index (χ4v) is 1.44. The molecule has 0 spiro atoms. The molecule has 0 saturated heterocycles. The van der Waals surface area contributed by atoms with Crippen LogP contribution in [0.5, 0.6) is 0 Å². The predicted molar refractivity (Wildman–Crippen MR) is 73.5 cm³/mol. The number of unbranched alkanes of at least 4 members (excludes halogenated alkanes) is 1. The van der Waals surface area contributed by atoms with E-state index in [-0.39, 0.29) is 6.54 Å². The van der Waals surface area contributed by atoms with Gasteiger partial charge in [0, 0.05) is 0 Å². The molecule has 0 aliphatic rings. The van der Waals surface area contributed by atoms with Gasteiger partial charge in [-0.25, -0.2) is 0 Å². The summed E-state index contributed by atoms with van der Waals surface area (Å²) in [6, 6.07) is 0. The van der Waals surface area contributed by atoms with Crippen molar-refractivity contribution in [3.8, 4) is 0 Å². The minimum atomic E-state index is -0.614. The number of aliphatic hydroxyl groups excluding tert-OH is 1. The number of hydrogen-bond donors (Lipinski definition) is 2. The number of aliphatic hydroxyl groups is 1. The number of carbonyl (C=O) groups excluding carboxylic acids is 2. The van der Waals surface area contributed by atoms with Crippen molar-refractivity contribution in [2.75, 3.05) is 19.8 Å². The van der Waals surface area contributed by atoms with Crippen molar-refractivity contribution in [1.82, 2.24) is 5.32 Å². The number of hydrogen-bond acceptors (Lipinski definition) is 4. The molecular weight excluding hydrogens is 246 g/mol. The number of esters is 1. The van der Waals surface area contributed by atoms with Gasteiger partial charge in [0.2, 0.25) is 5.91 Å². The van der Waals surface area contributed by atoms with Gasteiger partial charge in [0.25, 0.3) is 0 Å². The van der Waals surface area contributed by atoms with E-state index >= 15 is 0 Å². The average Bonchev–Trinajstić information content (AvgIpc) is 2.35. The molecule has 0 atom stereocenters. The van der Waals surface area contributed by atoms with Gasteiger partial charge >= 0.3 is 5.97 Å². The van der Waals surface area contributed by atoms with Crippen LogP contribution >= 0.6 is 0 Å². The minimum absolute atomic E-state index is 0.184. The molecule has 0 aliphatic carbocycles. The molecule has 1 amide bonds. The predicted octanol–water partition coefficient (Wildman–Crippen LogP) is 1.49. The van der Waals surface area contributed by atoms with Gasteiger partial charge in [-0.1, -0.05) is 27.7 Å². The topological polar surface area (TPSA) is 75.6 Å². The van der Waals surface area contributed by atoms with Gasteiger partial charge in [-0.15, -0.1) is 0 Å². The molecular formula is C14H27NO4. The van der Waals surface area contributed by atoms with Gasteiger partial charge in [0.1, 0.15) is 13.2 Å². The number of carbonyl (C=O) groups is 2. The zero-order chi connectivity index (χ0) is 14.9. The molecule has 2 N–H and O–H groups in total. The van der Waals surface area contributed by atoms with Crippen molar-refractivity contribution < 1.29 is 19.4 Å². The van der Waals surface area contributed by atoms with Crippen LogP contribution < -0.4 is 5.32 Å². The fourth-order valence-electron chi connectivity index (χ4n) is 1.44. The number of rotatable bonds is 9. The van der Waals surface area contributed by atoms with E-state index in [9.17, 15) is 9.59 Å². The largest absolute Gasteiger partial charge is 0.464 e. The quantitative estimate of drug-likeness (QED) is 0.493. The zero-order valence-corrected chi connectivity index (χ0v) is 12.5. The van der Waals surface area contributed by atoms with Crippen LogP contribution in [-0.4, -0.2) is 36.7 Å². The summed E-state index contributed by atoms with van der Waals surface area (Å²) in [4.78, 5) is 21.9. The van der Waals surface area contributed by atoms with Crippen molar-refractivity contribution in [2.45, 2.75) is 47.0 Å². The van der Waals surface area contributed by atoms with E-state index < -0.39 is 18.5 Å². The summed E-state index contributed by atoms with van der Waals surface area (Å²) in [5.41, 5.74) is 0.305. The Morgan fingerprint density at radius 3 is 2.42 bits per heavy atom. The number of nitrogens with one attached hydrogen (secondary N) is 1. The first-order chi connectivity index (χ1) is 8.79. The van der Waals surface area contributed by atoms with Gasteiger partial charge in [-0.3, -0.25) is 9.59 Å². The van der Waals surface area contributed by atoms with Crippen LogP contribution in [0.2, 0.25) is 0 Å². The molecule has 0 saturated carbocycles. The van der Waals surface area contributed by atoms with Crippen molar-refractivity contribution >= 4 is 11.9 Å². The molecule has 0 bridgehead atoms. The Balaban J connectivity index is 3.59. The second-order valence-electron chi connectivity index (χ2n) is 5.76. The standard InChI is InChI=1S/C14H27NO4/c1-11(2)14(3,4)7-5-6-8-19-13(18)9-15-12(17)10-16/h11,16H,5-10H2,1-4H3,(H,15,17). The third-order valence-electron chi connectivity index (χ3n) is 3.61. The van der Waals surface area contributed by atoms with Crippen molar-refractivity contribution in [1.29, 1.82) is 0 Å². The SMILES string of the molecule is CC(C)C(C)(C)CCCCOC(=O)CNC(=O)CO. The molecule has 0 aromatic rings. The maximum Gasteiger partial charge on any atom is 0.325 e. The lowest BCUT2D eigenvalue weighted by atomic mass is 9.77. The first-order valence-electron chi connectivity index (χ1n) is 6.82. The molecule has 0 heterocycles. The number of amides is 1. The molecule has 0 aromatic carbocycles. The van der Waals surface area contributed by atoms with Gasteiger partial charge in [-0.2, -0.15) is 0 Å². The van der Waals surface area contributed by atoms with E-state index in [0.717, 1.165) is 19.3 Å². The summed E-state index contributed by atoms with van der Waals surface area (Å²) in [5, 5.41) is 10.7. The highest BCUT2D eigenvalue weighted by molar-refractivity contribution is 5.82. The summed E-state index contributed by atoms with van der Waals surface area (Å²) in [6.07, 6.45) is 2.95. The van der Waals surface area contributed by atoms with E-state index in [1.54, 1.807) is 0 Å². The lowest BCUT2D eigenvalue weighted by Crippen LogP contribution is -2.32. The third-order valence-corrected chi connectivity index (χ3v) is 3.61. The van der Waals surface area contributed by atoms with E-state index in [0.29, 0.717) is 17.9 Å². The Bertz CT molecular complexity index is 287. The highest BCUT2D eigenvalue weighted by Gasteiger charge is 2.21. The molecule has 0 aliphatic heterocycles. The molecule has 0 fully saturated rings. The van der Waals surface area contributed by atoms with E-state index in [1.165, 1.54) is 0 Å². The Morgan fingerprint density at radius 2 is 1.89 bits per heavy atom. The summed E-state index contributed by atoms with van der Waals surface area (Å²) in [5.74, 6) is -0.413. The highest BCUT2D eigenvalue weighted by Crippen LogP contribution is 2.31. The van der Waals surface area contributed by atoms with Crippen molar-refractivity contribution in [3.05, 3.63) is 0 Å². The summed E-state index contributed by atoms with van der Waals surface area (Å²) in [6.45, 7) is 8.49. The van der Waals surface area contributed by atoms with E-state index in [4.69, 9.17) is 9.84 Å². The Labute approximate surface area is 115 Å². The van der Waals surface area contributed by atoms with Crippen LogP contribution in [0.3, 0.4) is 0 Å². The highest BCUT2D eigenvalue weighted by atomic mass is 16.5. The zero-order valence-electron chi connectivity index (χ0n) is 12.5. The summed E-state index contributed by atoms with van der Waals surface area (Å²) in [7, 11) is 0. The maximum absolute atomic E-state index is 11.2. The van der Waals surface area contributed by atoms with E-state index in [2.05, 4.69) is 33.0 Å². The smallest absolute Gasteiger partial charge is 0.325 e. The second kappa shape index (κ2) is 8.91. The molecule has 0 radical (unpaired) electrons. The fraction of sp³-hybridized carbons (Fsp3) is 0.857. The van der Waals surface area contributed by atoms with Crippen molar-refractivity contribution in [3.63, 3.8) is 0 Å². The lowest BCUT2D eigenvalue weighted by molar-refractivity contribution is -0.144. The second-order valence-corrected chi connectivity index (χ2v) is 5.76. The lowest BCUT2D eigenvalue weighted by Gasteiger charge is -2.29. The Morgan fingerprint density at radius 1 is 1.26 bits per heavy atom. The minimum Gasteiger partial charge on any atom is -0.464 e. The van der Waals surface area contributed by atoms with Crippen molar-refractivity contribution in [2.24, 2.45) is 11.3 Å². The Hall–Kier alpha value is -1.10. The molecule has 0 aromatic heterocycles. The normalized spacial score (nSPS) is 11.5. The Kier molecular flexibility index (Phi) is 8.39. The molecule has 0 unspecified atom stereocenters. The van der Waals surface area contributed by atoms with Crippen LogP contribution in [0.4, 0.5) is 0 Å². The summed E-state index contributed by atoms with van der Waals surface area (Å²) >= 11 is 0. The van der Waals surface area contributed by atoms with Crippen LogP contribution in [0, 0.1) is 11.3 Å². The summed E-state index contributed by atoms with van der Waals surface area (Å²) < 4.78 is 4.98. The van der Waals surface area contributed by atoms with Crippen LogP contribution in [0.25, 0.3) is 0 Å². The van der Waals surface area contributed by atoms with Gasteiger partial charge in [0.05, 0.1) is 6.61 Å². The molecule has 5 heteroatoms. The third kappa shape index (κ3) is 8.59. The van der Waals surface area contributed by atoms with Gasteiger partial charge < -0.3 is 15.2 Å². The molecule has 112 valence electrons. The van der Waals surface area contributed by atoms with Crippen LogP contribution in [0.1, 0.15) is 47.0 Å². The molecule has 19 heavy (non-hydrogen) atoms. The molecule has 5 nitrogen and oxygen atoms in total. The first kappa shape index (κ1) is 17.9. The van der Waals surface area contributed by atoms with E-state index in [1.807, 2.05) is 0 Å². The monoisotopic (exact) mass is 273 g/mol. The maximum atomic E-state index is 11.2. The number of ether oxygens (including phenoxy) is 1. The van der Waals surface area contributed by atoms with Crippen LogP contribution in [-0.2, 0) is 14.3 Å². The first-order valence-corrected chi connectivity index (χ1v) is 6.82. The van der Waals surface area contributed by atoms with Crippen LogP contribution in [0.15, 0.2) is 0 Å². The van der Waals surface area contributed by atoms with Gasteiger partial charge in [-0.05, 0) is 30.6 Å². The average molecular weight is 273 g/mol. The molecule has 0 rings (SSSR count).